The molecule has 2 heterocycles. The fraction of sp³-hybridized carbons (Fsp3) is 0.222. The van der Waals surface area contributed by atoms with E-state index in [-0.39, 0.29) is 5.92 Å². The Balaban J connectivity index is 2.36. The second-order valence-corrected chi connectivity index (χ2v) is 5.77. The van der Waals surface area contributed by atoms with E-state index < -0.39 is 0 Å². The zero-order chi connectivity index (χ0) is 17.3. The molecule has 122 valence electrons. The number of nitrogens with zero attached hydrogens (tertiary/aromatic N) is 3. The van der Waals surface area contributed by atoms with E-state index in [1.54, 1.807) is 26.5 Å². The van der Waals surface area contributed by atoms with Gasteiger partial charge in [0.15, 0.2) is 0 Å². The predicted molar refractivity (Wildman–Crippen MR) is 92.8 cm³/mol. The van der Waals surface area contributed by atoms with Gasteiger partial charge in [-0.2, -0.15) is 5.26 Å². The molecule has 0 radical (unpaired) electrons. The molecule has 24 heavy (non-hydrogen) atoms. The highest BCUT2D eigenvalue weighted by atomic mass is 35.5. The largest absolute Gasteiger partial charge is 0.497 e. The average molecular weight is 342 g/mol. The van der Waals surface area contributed by atoms with Crippen LogP contribution in [0.4, 0.5) is 0 Å². The lowest BCUT2D eigenvalue weighted by Gasteiger charge is -2.12. The summed E-state index contributed by atoms with van der Waals surface area (Å²) in [6, 6.07) is 11.4. The van der Waals surface area contributed by atoms with Crippen molar-refractivity contribution in [3.8, 4) is 28.8 Å². The highest BCUT2D eigenvalue weighted by Gasteiger charge is 2.22. The van der Waals surface area contributed by atoms with Crippen molar-refractivity contribution in [3.63, 3.8) is 0 Å². The molecule has 5 nitrogen and oxygen atoms in total. The number of methoxy groups -OCH3 is 2. The maximum atomic E-state index is 9.45. The Kier molecular flexibility index (Phi) is 4.32. The van der Waals surface area contributed by atoms with Crippen LogP contribution in [0.5, 0.6) is 11.5 Å². The van der Waals surface area contributed by atoms with E-state index in [1.807, 2.05) is 35.6 Å². The summed E-state index contributed by atoms with van der Waals surface area (Å²) in [7, 11) is 3.21. The van der Waals surface area contributed by atoms with Gasteiger partial charge in [0.1, 0.15) is 17.1 Å². The molecule has 0 saturated heterocycles. The Morgan fingerprint density at radius 2 is 2.00 bits per heavy atom. The van der Waals surface area contributed by atoms with Gasteiger partial charge < -0.3 is 13.9 Å². The van der Waals surface area contributed by atoms with E-state index in [9.17, 15) is 5.26 Å². The Morgan fingerprint density at radius 3 is 2.67 bits per heavy atom. The van der Waals surface area contributed by atoms with Gasteiger partial charge in [0, 0.05) is 11.8 Å². The summed E-state index contributed by atoms with van der Waals surface area (Å²) >= 11 is 6.12. The lowest BCUT2D eigenvalue weighted by atomic mass is 10.0. The number of benzene rings is 1. The van der Waals surface area contributed by atoms with Crippen LogP contribution >= 0.6 is 11.6 Å². The molecule has 0 amide bonds. The number of hydrogen-bond acceptors (Lipinski definition) is 4. The number of pyridine rings is 1. The molecule has 0 aliphatic rings. The minimum Gasteiger partial charge on any atom is -0.497 e. The predicted octanol–water partition coefficient (Wildman–Crippen LogP) is 4.30. The standard InChI is InChI=1S/C18H16ClN3O2/c1-11(9-20)18-17(21-16-7-4-12(19)10-22(16)18)14-8-13(23-2)5-6-15(14)24-3/h4-8,10-11H,1-3H3. The van der Waals surface area contributed by atoms with Gasteiger partial charge in [-0.1, -0.05) is 11.6 Å². The number of imidazole rings is 1. The summed E-state index contributed by atoms with van der Waals surface area (Å²) < 4.78 is 12.6. The van der Waals surface area contributed by atoms with Crippen molar-refractivity contribution in [3.05, 3.63) is 47.2 Å². The van der Waals surface area contributed by atoms with Crippen LogP contribution in [0.25, 0.3) is 16.9 Å². The summed E-state index contributed by atoms with van der Waals surface area (Å²) in [4.78, 5) is 4.69. The molecular formula is C18H16ClN3O2. The van der Waals surface area contributed by atoms with Crippen molar-refractivity contribution in [2.24, 2.45) is 0 Å². The van der Waals surface area contributed by atoms with E-state index in [2.05, 4.69) is 6.07 Å². The van der Waals surface area contributed by atoms with E-state index in [1.165, 1.54) is 0 Å². The first-order chi connectivity index (χ1) is 11.6. The SMILES string of the molecule is COc1ccc(OC)c(-c2nc3ccc(Cl)cn3c2C(C)C#N)c1. The molecule has 0 fully saturated rings. The average Bonchev–Trinajstić information content (AvgIpc) is 2.98. The van der Waals surface area contributed by atoms with Gasteiger partial charge >= 0.3 is 0 Å². The number of halogens is 1. The lowest BCUT2D eigenvalue weighted by Crippen LogP contribution is -1.99. The van der Waals surface area contributed by atoms with E-state index in [4.69, 9.17) is 26.1 Å². The molecule has 0 aliphatic heterocycles. The molecule has 1 atom stereocenters. The fourth-order valence-corrected chi connectivity index (χ4v) is 2.87. The van der Waals surface area contributed by atoms with Gasteiger partial charge in [0.25, 0.3) is 0 Å². The molecule has 0 N–H and O–H groups in total. The van der Waals surface area contributed by atoms with E-state index >= 15 is 0 Å². The maximum absolute atomic E-state index is 9.45. The van der Waals surface area contributed by atoms with Crippen LogP contribution in [0.1, 0.15) is 18.5 Å². The zero-order valence-electron chi connectivity index (χ0n) is 13.6. The highest BCUT2D eigenvalue weighted by Crippen LogP contribution is 2.38. The van der Waals surface area contributed by atoms with Crippen molar-refractivity contribution in [2.75, 3.05) is 14.2 Å². The van der Waals surface area contributed by atoms with Gasteiger partial charge in [-0.3, -0.25) is 0 Å². The first-order valence-electron chi connectivity index (χ1n) is 7.38. The highest BCUT2D eigenvalue weighted by molar-refractivity contribution is 6.30. The van der Waals surface area contributed by atoms with Crippen LogP contribution in [0, 0.1) is 11.3 Å². The second kappa shape index (κ2) is 6.42. The molecule has 6 heteroatoms. The van der Waals surface area contributed by atoms with Crippen LogP contribution in [0.15, 0.2) is 36.5 Å². The summed E-state index contributed by atoms with van der Waals surface area (Å²) in [6.45, 7) is 1.83. The topological polar surface area (TPSA) is 59.6 Å². The molecule has 2 aromatic heterocycles. The number of nitriles is 1. The van der Waals surface area contributed by atoms with Crippen LogP contribution < -0.4 is 9.47 Å². The molecule has 0 bridgehead atoms. The molecule has 3 aromatic rings. The third-order valence-corrected chi connectivity index (χ3v) is 4.11. The van der Waals surface area contributed by atoms with Gasteiger partial charge in [0.2, 0.25) is 0 Å². The molecule has 0 spiro atoms. The number of aromatic nitrogens is 2. The Hall–Kier alpha value is -2.71. The number of rotatable bonds is 4. The monoisotopic (exact) mass is 341 g/mol. The molecular weight excluding hydrogens is 326 g/mol. The van der Waals surface area contributed by atoms with Crippen LogP contribution in [-0.2, 0) is 0 Å². The number of hydrogen-bond donors (Lipinski definition) is 0. The van der Waals surface area contributed by atoms with Crippen molar-refractivity contribution < 1.29 is 9.47 Å². The Bertz CT molecular complexity index is 943. The number of ether oxygens (including phenoxy) is 2. The van der Waals surface area contributed by atoms with Crippen molar-refractivity contribution in [1.29, 1.82) is 5.26 Å². The smallest absolute Gasteiger partial charge is 0.137 e. The molecule has 0 aliphatic carbocycles. The van der Waals surface area contributed by atoms with Crippen LogP contribution in [0.3, 0.4) is 0 Å². The third kappa shape index (κ3) is 2.66. The first kappa shape index (κ1) is 16.2. The summed E-state index contributed by atoms with van der Waals surface area (Å²) in [6.07, 6.45) is 1.77. The normalized spacial score (nSPS) is 12.0. The molecule has 1 unspecified atom stereocenters. The van der Waals surface area contributed by atoms with Gasteiger partial charge in [0.05, 0.1) is 42.6 Å². The molecule has 0 saturated carbocycles. The van der Waals surface area contributed by atoms with Crippen molar-refractivity contribution in [1.82, 2.24) is 9.38 Å². The zero-order valence-corrected chi connectivity index (χ0v) is 14.3. The van der Waals surface area contributed by atoms with E-state index in [0.717, 1.165) is 16.9 Å². The third-order valence-electron chi connectivity index (χ3n) is 3.88. The van der Waals surface area contributed by atoms with Gasteiger partial charge in [-0.15, -0.1) is 0 Å². The minimum absolute atomic E-state index is 0.371. The Labute approximate surface area is 145 Å². The summed E-state index contributed by atoms with van der Waals surface area (Å²) in [5.41, 5.74) is 2.94. The minimum atomic E-state index is -0.371. The molecule has 1 aromatic carbocycles. The van der Waals surface area contributed by atoms with E-state index in [0.29, 0.717) is 22.2 Å². The summed E-state index contributed by atoms with van der Waals surface area (Å²) in [5.74, 6) is 0.984. The number of fused-ring (bicyclic) bond motifs is 1. The van der Waals surface area contributed by atoms with Crippen molar-refractivity contribution >= 4 is 17.2 Å². The fourth-order valence-electron chi connectivity index (χ4n) is 2.71. The van der Waals surface area contributed by atoms with Gasteiger partial charge in [-0.25, -0.2) is 4.98 Å². The lowest BCUT2D eigenvalue weighted by molar-refractivity contribution is 0.404. The second-order valence-electron chi connectivity index (χ2n) is 5.34. The van der Waals surface area contributed by atoms with Gasteiger partial charge in [-0.05, 0) is 37.3 Å². The Morgan fingerprint density at radius 1 is 1.21 bits per heavy atom. The maximum Gasteiger partial charge on any atom is 0.137 e. The molecule has 3 rings (SSSR count). The van der Waals surface area contributed by atoms with Crippen LogP contribution in [-0.4, -0.2) is 23.6 Å². The first-order valence-corrected chi connectivity index (χ1v) is 7.76. The van der Waals surface area contributed by atoms with Crippen LogP contribution in [0.2, 0.25) is 5.02 Å². The summed E-state index contributed by atoms with van der Waals surface area (Å²) in [5, 5.41) is 10.0. The quantitative estimate of drug-likeness (QED) is 0.710. The van der Waals surface area contributed by atoms with Crippen molar-refractivity contribution in [2.45, 2.75) is 12.8 Å².